The number of anilines is 1. The Morgan fingerprint density at radius 1 is 0.909 bits per heavy atom. The van der Waals surface area contributed by atoms with E-state index in [4.69, 9.17) is 12.2 Å². The molecular formula is C21H19F3N4O3S2. The minimum Gasteiger partial charge on any atom is -0.406 e. The molecule has 0 unspecified atom stereocenters. The van der Waals surface area contributed by atoms with Crippen molar-refractivity contribution in [2.45, 2.75) is 24.3 Å². The van der Waals surface area contributed by atoms with Crippen LogP contribution in [0.25, 0.3) is 0 Å². The molecule has 1 heterocycles. The van der Waals surface area contributed by atoms with Gasteiger partial charge in [-0.3, -0.25) is 4.98 Å². The highest BCUT2D eigenvalue weighted by molar-refractivity contribution is 7.89. The summed E-state index contributed by atoms with van der Waals surface area (Å²) in [6.07, 6.45) is -1.43. The zero-order valence-electron chi connectivity index (χ0n) is 17.0. The Morgan fingerprint density at radius 3 is 2.12 bits per heavy atom. The van der Waals surface area contributed by atoms with Crippen molar-refractivity contribution in [1.82, 2.24) is 15.0 Å². The van der Waals surface area contributed by atoms with Crippen LogP contribution in [-0.2, 0) is 23.1 Å². The molecule has 0 aliphatic rings. The van der Waals surface area contributed by atoms with Gasteiger partial charge >= 0.3 is 6.36 Å². The molecule has 0 saturated heterocycles. The number of sulfonamides is 1. The maximum absolute atomic E-state index is 12.5. The van der Waals surface area contributed by atoms with E-state index >= 15 is 0 Å². The molecule has 0 radical (unpaired) electrons. The molecule has 174 valence electrons. The van der Waals surface area contributed by atoms with Crippen molar-refractivity contribution in [3.63, 3.8) is 0 Å². The van der Waals surface area contributed by atoms with Gasteiger partial charge in [0.05, 0.1) is 4.90 Å². The SMILES string of the molecule is O=S(=O)(NCc1ccc(OC(F)(F)F)cc1)c1ccc(NC(=S)NCc2ccncc2)cc1. The van der Waals surface area contributed by atoms with Crippen LogP contribution in [0.4, 0.5) is 18.9 Å². The Kier molecular flexibility index (Phi) is 7.84. The average molecular weight is 497 g/mol. The first-order chi connectivity index (χ1) is 15.6. The molecule has 0 fully saturated rings. The molecule has 1 aromatic heterocycles. The van der Waals surface area contributed by atoms with Gasteiger partial charge in [0.2, 0.25) is 10.0 Å². The standard InChI is InChI=1S/C21H19F3N4O3S2/c22-21(23,24)31-18-5-1-15(2-6-18)14-27-33(29,30)19-7-3-17(4-8-19)28-20(32)26-13-16-9-11-25-12-10-16/h1-12,27H,13-14H2,(H2,26,28,32). The summed E-state index contributed by atoms with van der Waals surface area (Å²) >= 11 is 5.24. The highest BCUT2D eigenvalue weighted by Gasteiger charge is 2.30. The van der Waals surface area contributed by atoms with Crippen LogP contribution in [0.3, 0.4) is 0 Å². The largest absolute Gasteiger partial charge is 0.573 e. The second-order valence-corrected chi connectivity index (χ2v) is 8.88. The molecule has 0 aliphatic heterocycles. The second kappa shape index (κ2) is 10.6. The molecule has 0 bridgehead atoms. The summed E-state index contributed by atoms with van der Waals surface area (Å²) in [5.74, 6) is -0.384. The lowest BCUT2D eigenvalue weighted by atomic mass is 10.2. The minimum atomic E-state index is -4.79. The van der Waals surface area contributed by atoms with Crippen LogP contribution in [0.1, 0.15) is 11.1 Å². The molecule has 0 amide bonds. The molecule has 3 rings (SSSR count). The summed E-state index contributed by atoms with van der Waals surface area (Å²) in [5.41, 5.74) is 2.07. The average Bonchev–Trinajstić information content (AvgIpc) is 2.77. The van der Waals surface area contributed by atoms with Crippen molar-refractivity contribution in [3.05, 3.63) is 84.2 Å². The number of pyridine rings is 1. The van der Waals surface area contributed by atoms with E-state index in [2.05, 4.69) is 25.1 Å². The van der Waals surface area contributed by atoms with Gasteiger partial charge in [-0.25, -0.2) is 13.1 Å². The number of aromatic nitrogens is 1. The lowest BCUT2D eigenvalue weighted by Crippen LogP contribution is -2.28. The Balaban J connectivity index is 1.52. The molecule has 0 aliphatic carbocycles. The lowest BCUT2D eigenvalue weighted by Gasteiger charge is -2.12. The van der Waals surface area contributed by atoms with Crippen LogP contribution in [0, 0.1) is 0 Å². The highest BCUT2D eigenvalue weighted by atomic mass is 32.2. The molecule has 3 aromatic rings. The van der Waals surface area contributed by atoms with Crippen LogP contribution in [0.5, 0.6) is 5.75 Å². The first-order valence-corrected chi connectivity index (χ1v) is 11.4. The van der Waals surface area contributed by atoms with Crippen LogP contribution < -0.4 is 20.1 Å². The van der Waals surface area contributed by atoms with Gasteiger partial charge in [0.15, 0.2) is 5.11 Å². The summed E-state index contributed by atoms with van der Waals surface area (Å²) in [5, 5.41) is 6.38. The van der Waals surface area contributed by atoms with Crippen molar-refractivity contribution < 1.29 is 26.3 Å². The number of nitrogens with one attached hydrogen (secondary N) is 3. The zero-order chi connectivity index (χ0) is 23.9. The molecule has 7 nitrogen and oxygen atoms in total. The fourth-order valence-corrected chi connectivity index (χ4v) is 3.85. The van der Waals surface area contributed by atoms with E-state index in [1.165, 1.54) is 24.3 Å². The van der Waals surface area contributed by atoms with Gasteiger partial charge in [-0.05, 0) is 71.9 Å². The number of thiocarbonyl (C=S) groups is 1. The summed E-state index contributed by atoms with van der Waals surface area (Å²) in [6, 6.07) is 14.6. The van der Waals surface area contributed by atoms with Crippen LogP contribution in [-0.4, -0.2) is 24.9 Å². The van der Waals surface area contributed by atoms with E-state index in [9.17, 15) is 21.6 Å². The van der Waals surface area contributed by atoms with Gasteiger partial charge < -0.3 is 15.4 Å². The maximum atomic E-state index is 12.5. The fraction of sp³-hybridized carbons (Fsp3) is 0.143. The number of nitrogens with zero attached hydrogens (tertiary/aromatic N) is 1. The predicted molar refractivity (Wildman–Crippen MR) is 121 cm³/mol. The molecule has 33 heavy (non-hydrogen) atoms. The van der Waals surface area contributed by atoms with Gasteiger partial charge in [0.25, 0.3) is 0 Å². The zero-order valence-corrected chi connectivity index (χ0v) is 18.6. The molecule has 0 saturated carbocycles. The maximum Gasteiger partial charge on any atom is 0.573 e. The minimum absolute atomic E-state index is 0.0285. The number of hydrogen-bond donors (Lipinski definition) is 3. The second-order valence-electron chi connectivity index (χ2n) is 6.70. The van der Waals surface area contributed by atoms with Gasteiger partial charge in [0, 0.05) is 31.2 Å². The molecule has 2 aromatic carbocycles. The molecule has 12 heteroatoms. The highest BCUT2D eigenvalue weighted by Crippen LogP contribution is 2.23. The smallest absolute Gasteiger partial charge is 0.406 e. The summed E-state index contributed by atoms with van der Waals surface area (Å²) < 4.78 is 67.8. The molecule has 0 atom stereocenters. The number of ether oxygens (including phenoxy) is 1. The number of hydrogen-bond acceptors (Lipinski definition) is 5. The number of rotatable bonds is 8. The van der Waals surface area contributed by atoms with Crippen molar-refractivity contribution in [2.24, 2.45) is 0 Å². The van der Waals surface area contributed by atoms with Gasteiger partial charge in [0.1, 0.15) is 5.75 Å². The lowest BCUT2D eigenvalue weighted by molar-refractivity contribution is -0.274. The quantitative estimate of drug-likeness (QED) is 0.407. The van der Waals surface area contributed by atoms with Crippen molar-refractivity contribution >= 4 is 33.0 Å². The van der Waals surface area contributed by atoms with E-state index in [0.29, 0.717) is 22.9 Å². The van der Waals surface area contributed by atoms with Crippen LogP contribution >= 0.6 is 12.2 Å². The molecule has 3 N–H and O–H groups in total. The number of alkyl halides is 3. The third-order valence-electron chi connectivity index (χ3n) is 4.25. The summed E-state index contributed by atoms with van der Waals surface area (Å²) in [4.78, 5) is 3.97. The monoisotopic (exact) mass is 496 g/mol. The predicted octanol–water partition coefficient (Wildman–Crippen LogP) is 3.95. The topological polar surface area (TPSA) is 92.4 Å². The first-order valence-electron chi connectivity index (χ1n) is 9.49. The molecular weight excluding hydrogens is 477 g/mol. The number of benzene rings is 2. The van der Waals surface area contributed by atoms with Gasteiger partial charge in [-0.1, -0.05) is 12.1 Å². The van der Waals surface area contributed by atoms with Crippen molar-refractivity contribution in [2.75, 3.05) is 5.32 Å². The Bertz CT molecular complexity index is 1170. The first kappa shape index (κ1) is 24.4. The van der Waals surface area contributed by atoms with E-state index < -0.39 is 16.4 Å². The normalized spacial score (nSPS) is 11.6. The third-order valence-corrected chi connectivity index (χ3v) is 5.91. The van der Waals surface area contributed by atoms with Gasteiger partial charge in [-0.15, -0.1) is 13.2 Å². The van der Waals surface area contributed by atoms with E-state index in [1.807, 2.05) is 12.1 Å². The van der Waals surface area contributed by atoms with E-state index in [1.54, 1.807) is 24.5 Å². The van der Waals surface area contributed by atoms with E-state index in [0.717, 1.165) is 17.7 Å². The van der Waals surface area contributed by atoms with Crippen LogP contribution in [0.15, 0.2) is 78.0 Å². The summed E-state index contributed by atoms with van der Waals surface area (Å²) in [6.45, 7) is 0.408. The Morgan fingerprint density at radius 2 is 1.52 bits per heavy atom. The van der Waals surface area contributed by atoms with E-state index in [-0.39, 0.29) is 17.2 Å². The Labute approximate surface area is 194 Å². The summed E-state index contributed by atoms with van der Waals surface area (Å²) in [7, 11) is -3.83. The van der Waals surface area contributed by atoms with Crippen LogP contribution in [0.2, 0.25) is 0 Å². The van der Waals surface area contributed by atoms with Crippen molar-refractivity contribution in [1.29, 1.82) is 0 Å². The molecule has 0 spiro atoms. The third kappa shape index (κ3) is 8.00. The number of halogens is 3. The Hall–Kier alpha value is -3.22. The van der Waals surface area contributed by atoms with Gasteiger partial charge in [-0.2, -0.15) is 0 Å². The van der Waals surface area contributed by atoms with Crippen molar-refractivity contribution in [3.8, 4) is 5.75 Å². The fourth-order valence-electron chi connectivity index (χ4n) is 2.65.